The third kappa shape index (κ3) is 5.08. The zero-order valence-corrected chi connectivity index (χ0v) is 19.6. The molecule has 1 aliphatic heterocycles. The maximum atomic E-state index is 13.5. The van der Waals surface area contributed by atoms with Crippen LogP contribution in [-0.2, 0) is 26.2 Å². The highest BCUT2D eigenvalue weighted by molar-refractivity contribution is 7.89. The zero-order chi connectivity index (χ0) is 25.2. The summed E-state index contributed by atoms with van der Waals surface area (Å²) in [5, 5.41) is 5.13. The highest BCUT2D eigenvalue weighted by Crippen LogP contribution is 2.29. The molecule has 1 atom stereocenters. The maximum Gasteiger partial charge on any atom is 0.257 e. The van der Waals surface area contributed by atoms with Gasteiger partial charge in [0, 0.05) is 12.1 Å². The average Bonchev–Trinajstić information content (AvgIpc) is 3.15. The molecule has 1 aliphatic rings. The number of imide groups is 1. The Morgan fingerprint density at radius 1 is 1.00 bits per heavy atom. The van der Waals surface area contributed by atoms with Gasteiger partial charge in [-0.3, -0.25) is 14.4 Å². The van der Waals surface area contributed by atoms with E-state index in [9.17, 15) is 22.8 Å². The van der Waals surface area contributed by atoms with Crippen molar-refractivity contribution in [1.82, 2.24) is 4.90 Å². The summed E-state index contributed by atoms with van der Waals surface area (Å²) in [6.45, 7) is 0.119. The first-order valence-corrected chi connectivity index (χ1v) is 12.2. The van der Waals surface area contributed by atoms with E-state index in [1.165, 1.54) is 36.3 Å². The summed E-state index contributed by atoms with van der Waals surface area (Å²) >= 11 is 0. The van der Waals surface area contributed by atoms with Crippen molar-refractivity contribution >= 4 is 33.4 Å². The number of carbonyl (C=O) groups excluding carboxylic acids is 3. The van der Waals surface area contributed by atoms with Gasteiger partial charge in [0.2, 0.25) is 15.9 Å². The molecule has 3 aromatic carbocycles. The Morgan fingerprint density at radius 3 is 2.20 bits per heavy atom. The number of ether oxygens (including phenoxy) is 1. The van der Waals surface area contributed by atoms with E-state index >= 15 is 0 Å². The fourth-order valence-corrected chi connectivity index (χ4v) is 4.43. The van der Waals surface area contributed by atoms with E-state index in [0.29, 0.717) is 11.3 Å². The number of sulfonamides is 1. The number of nitrogens with zero attached hydrogens (tertiary/aromatic N) is 2. The number of carbonyl (C=O) groups is 3. The minimum Gasteiger partial charge on any atom is -0.497 e. The fraction of sp³-hybridized carbons (Fsp3) is 0.160. The summed E-state index contributed by atoms with van der Waals surface area (Å²) < 4.78 is 28.2. The molecule has 0 radical (unpaired) electrons. The highest BCUT2D eigenvalue weighted by Gasteiger charge is 2.44. The van der Waals surface area contributed by atoms with Gasteiger partial charge >= 0.3 is 0 Å². The molecule has 0 aromatic heterocycles. The first-order valence-electron chi connectivity index (χ1n) is 10.7. The molecule has 0 spiro atoms. The van der Waals surface area contributed by atoms with Gasteiger partial charge in [-0.25, -0.2) is 18.5 Å². The molecule has 9 nitrogen and oxygen atoms in total. The van der Waals surface area contributed by atoms with Gasteiger partial charge in [0.1, 0.15) is 11.8 Å². The van der Waals surface area contributed by atoms with Crippen LogP contribution < -0.4 is 14.8 Å². The first kappa shape index (κ1) is 24.1. The Balaban J connectivity index is 1.66. The predicted molar refractivity (Wildman–Crippen MR) is 128 cm³/mol. The van der Waals surface area contributed by atoms with E-state index in [0.717, 1.165) is 10.5 Å². The number of hydrogen-bond donors (Lipinski definition) is 1. The number of methoxy groups -OCH3 is 1. The molecule has 180 valence electrons. The normalized spacial score (nSPS) is 15.8. The largest absolute Gasteiger partial charge is 0.497 e. The van der Waals surface area contributed by atoms with Gasteiger partial charge in [0.25, 0.3) is 11.8 Å². The van der Waals surface area contributed by atoms with Crippen LogP contribution in [0.1, 0.15) is 22.3 Å². The lowest BCUT2D eigenvalue weighted by atomic mass is 10.1. The molecule has 1 heterocycles. The van der Waals surface area contributed by atoms with Crippen molar-refractivity contribution in [3.63, 3.8) is 0 Å². The number of amides is 3. The minimum atomic E-state index is -3.93. The zero-order valence-electron chi connectivity index (χ0n) is 18.8. The number of primary sulfonamides is 1. The molecule has 1 fully saturated rings. The maximum absolute atomic E-state index is 13.5. The molecule has 4 rings (SSSR count). The Morgan fingerprint density at radius 2 is 1.63 bits per heavy atom. The SMILES string of the molecule is COc1ccc(C(=O)N(Cc2ccccc2)C2CC(=O)N(c3ccc(S(N)(=O)=O)cc3)C2=O)cc1. The Labute approximate surface area is 202 Å². The summed E-state index contributed by atoms with van der Waals surface area (Å²) in [4.78, 5) is 42.0. The van der Waals surface area contributed by atoms with Crippen molar-refractivity contribution in [2.75, 3.05) is 12.0 Å². The van der Waals surface area contributed by atoms with Crippen molar-refractivity contribution in [3.8, 4) is 5.75 Å². The molecule has 10 heteroatoms. The van der Waals surface area contributed by atoms with Crippen LogP contribution in [0.15, 0.2) is 83.8 Å². The second kappa shape index (κ2) is 9.69. The Hall–Kier alpha value is -4.02. The van der Waals surface area contributed by atoms with E-state index in [4.69, 9.17) is 9.88 Å². The van der Waals surface area contributed by atoms with Crippen molar-refractivity contribution in [1.29, 1.82) is 0 Å². The summed E-state index contributed by atoms with van der Waals surface area (Å²) in [6.07, 6.45) is -0.204. The number of rotatable bonds is 7. The highest BCUT2D eigenvalue weighted by atomic mass is 32.2. The third-order valence-electron chi connectivity index (χ3n) is 5.72. The van der Waals surface area contributed by atoms with Gasteiger partial charge < -0.3 is 9.64 Å². The van der Waals surface area contributed by atoms with Gasteiger partial charge in [0.05, 0.1) is 24.1 Å². The molecule has 0 aliphatic carbocycles. The second-order valence-electron chi connectivity index (χ2n) is 7.97. The molecular weight excluding hydrogens is 470 g/mol. The van der Waals surface area contributed by atoms with Crippen LogP contribution in [0.4, 0.5) is 5.69 Å². The lowest BCUT2D eigenvalue weighted by Crippen LogP contribution is -2.45. The molecule has 2 N–H and O–H groups in total. The van der Waals surface area contributed by atoms with Crippen molar-refractivity contribution in [2.24, 2.45) is 5.14 Å². The van der Waals surface area contributed by atoms with E-state index in [2.05, 4.69) is 0 Å². The molecule has 0 saturated carbocycles. The van der Waals surface area contributed by atoms with Gasteiger partial charge in [-0.15, -0.1) is 0 Å². The molecule has 1 unspecified atom stereocenters. The van der Waals surface area contributed by atoms with Crippen LogP contribution in [0, 0.1) is 0 Å². The molecule has 3 amide bonds. The van der Waals surface area contributed by atoms with E-state index in [1.54, 1.807) is 24.3 Å². The summed E-state index contributed by atoms with van der Waals surface area (Å²) in [6, 6.07) is 19.8. The van der Waals surface area contributed by atoms with Crippen LogP contribution in [0.25, 0.3) is 0 Å². The van der Waals surface area contributed by atoms with E-state index < -0.39 is 33.8 Å². The van der Waals surface area contributed by atoms with Crippen LogP contribution in [-0.4, -0.2) is 44.2 Å². The lowest BCUT2D eigenvalue weighted by Gasteiger charge is -2.28. The Bertz CT molecular complexity index is 1360. The standard InChI is InChI=1S/C25H23N3O6S/c1-34-20-11-7-18(8-12-20)24(30)27(16-17-5-3-2-4-6-17)22-15-23(29)28(25(22)31)19-9-13-21(14-10-19)35(26,32)33/h2-14,22H,15-16H2,1H3,(H2,26,32,33). The summed E-state index contributed by atoms with van der Waals surface area (Å²) in [5.41, 5.74) is 1.34. The van der Waals surface area contributed by atoms with Crippen molar-refractivity contribution in [2.45, 2.75) is 23.9 Å². The van der Waals surface area contributed by atoms with Crippen molar-refractivity contribution < 1.29 is 27.5 Å². The van der Waals surface area contributed by atoms with Gasteiger partial charge in [-0.05, 0) is 54.1 Å². The van der Waals surface area contributed by atoms with Gasteiger partial charge in [-0.1, -0.05) is 30.3 Å². The minimum absolute atomic E-state index is 0.119. The summed E-state index contributed by atoms with van der Waals surface area (Å²) in [7, 11) is -2.41. The van der Waals surface area contributed by atoms with Crippen LogP contribution in [0.5, 0.6) is 5.75 Å². The van der Waals surface area contributed by atoms with Crippen LogP contribution >= 0.6 is 0 Å². The molecule has 35 heavy (non-hydrogen) atoms. The first-order chi connectivity index (χ1) is 16.7. The molecule has 3 aromatic rings. The third-order valence-corrected chi connectivity index (χ3v) is 6.65. The Kier molecular flexibility index (Phi) is 6.68. The van der Waals surface area contributed by atoms with Gasteiger partial charge in [0.15, 0.2) is 0 Å². The van der Waals surface area contributed by atoms with Crippen LogP contribution in [0.2, 0.25) is 0 Å². The summed E-state index contributed by atoms with van der Waals surface area (Å²) in [5.74, 6) is -0.897. The smallest absolute Gasteiger partial charge is 0.257 e. The lowest BCUT2D eigenvalue weighted by molar-refractivity contribution is -0.122. The van der Waals surface area contributed by atoms with E-state index in [1.807, 2.05) is 30.3 Å². The fourth-order valence-electron chi connectivity index (χ4n) is 3.92. The van der Waals surface area contributed by atoms with E-state index in [-0.39, 0.29) is 23.5 Å². The topological polar surface area (TPSA) is 127 Å². The number of anilines is 1. The van der Waals surface area contributed by atoms with Gasteiger partial charge in [-0.2, -0.15) is 0 Å². The molecular formula is C25H23N3O6S. The number of hydrogen-bond acceptors (Lipinski definition) is 6. The number of benzene rings is 3. The average molecular weight is 494 g/mol. The monoisotopic (exact) mass is 493 g/mol. The van der Waals surface area contributed by atoms with Crippen LogP contribution in [0.3, 0.4) is 0 Å². The predicted octanol–water partition coefficient (Wildman–Crippen LogP) is 2.32. The van der Waals surface area contributed by atoms with Crippen molar-refractivity contribution in [3.05, 3.63) is 90.0 Å². The number of nitrogens with two attached hydrogens (primary N) is 1. The quantitative estimate of drug-likeness (QED) is 0.503. The molecule has 0 bridgehead atoms. The molecule has 1 saturated heterocycles. The second-order valence-corrected chi connectivity index (χ2v) is 9.53.